The Kier molecular flexibility index (Phi) is 12.4. The average Bonchev–Trinajstić information content (AvgIpc) is 2.92. The minimum absolute atomic E-state index is 0.134. The van der Waals surface area contributed by atoms with E-state index in [1.54, 1.807) is 34.6 Å². The van der Waals surface area contributed by atoms with Gasteiger partial charge in [-0.3, -0.25) is 9.59 Å². The van der Waals surface area contributed by atoms with E-state index >= 15 is 0 Å². The van der Waals surface area contributed by atoms with E-state index in [4.69, 9.17) is 18.9 Å². The van der Waals surface area contributed by atoms with Crippen LogP contribution in [-0.4, -0.2) is 118 Å². The summed E-state index contributed by atoms with van der Waals surface area (Å²) >= 11 is 0. The number of hydrogen-bond acceptors (Lipinski definition) is 11. The van der Waals surface area contributed by atoms with E-state index in [1.165, 1.54) is 21.0 Å². The highest BCUT2D eigenvalue weighted by Crippen LogP contribution is 2.39. The number of esters is 1. The van der Waals surface area contributed by atoms with Crippen molar-refractivity contribution in [2.45, 2.75) is 135 Å². The Morgan fingerprint density at radius 3 is 2.10 bits per heavy atom. The number of likely N-dealkylation sites (N-methyl/N-ethyl adjacent to an activating group) is 1. The van der Waals surface area contributed by atoms with Gasteiger partial charge >= 0.3 is 5.97 Å². The molecule has 0 aromatic heterocycles. The smallest absolute Gasteiger partial charge is 0.311 e. The Morgan fingerprint density at radius 1 is 1.00 bits per heavy atom. The SMILES string of the molecule is CC[C@H]1OC(=O)[C@H](C)[C@H](O)[C@H](C)[C@@H](O[C@@H]2O[C@H](C)C[C@H](N(C)C)[C@H]2O)[C@@](C)(OC)C[C@@H](C)C(=O)[C@H](C)[C@@H](O)[C@]1(C)O. The zero-order valence-corrected chi connectivity index (χ0v) is 26.7. The van der Waals surface area contributed by atoms with Crippen molar-refractivity contribution in [2.24, 2.45) is 23.7 Å². The maximum Gasteiger partial charge on any atom is 0.311 e. The molecule has 4 N–H and O–H groups in total. The molecule has 0 radical (unpaired) electrons. The van der Waals surface area contributed by atoms with E-state index in [0.29, 0.717) is 6.42 Å². The number of aliphatic hydroxyl groups excluding tert-OH is 3. The van der Waals surface area contributed by atoms with Gasteiger partial charge in [-0.15, -0.1) is 0 Å². The fourth-order valence-corrected chi connectivity index (χ4v) is 6.59. The number of rotatable bonds is 5. The highest BCUT2D eigenvalue weighted by atomic mass is 16.7. The molecule has 2 heterocycles. The second kappa shape index (κ2) is 14.1. The number of cyclic esters (lactones) is 1. The molecule has 0 unspecified atom stereocenters. The van der Waals surface area contributed by atoms with Gasteiger partial charge in [0.15, 0.2) is 6.29 Å². The Labute approximate surface area is 245 Å². The summed E-state index contributed by atoms with van der Waals surface area (Å²) in [6.07, 6.45) is -6.25. The predicted molar refractivity (Wildman–Crippen MR) is 152 cm³/mol. The van der Waals surface area contributed by atoms with Crippen LogP contribution < -0.4 is 0 Å². The molecule has 11 nitrogen and oxygen atoms in total. The van der Waals surface area contributed by atoms with Crippen molar-refractivity contribution in [3.8, 4) is 0 Å². The van der Waals surface area contributed by atoms with Gasteiger partial charge in [0.2, 0.25) is 0 Å². The molecular formula is C30H55NO10. The van der Waals surface area contributed by atoms with Crippen LogP contribution in [0.25, 0.3) is 0 Å². The number of carbonyl (C=O) groups excluding carboxylic acids is 2. The van der Waals surface area contributed by atoms with Crippen molar-refractivity contribution in [3.63, 3.8) is 0 Å². The largest absolute Gasteiger partial charge is 0.459 e. The Hall–Kier alpha value is -1.18. The monoisotopic (exact) mass is 589 g/mol. The predicted octanol–water partition coefficient (Wildman–Crippen LogP) is 1.51. The first-order valence-electron chi connectivity index (χ1n) is 14.9. The van der Waals surface area contributed by atoms with Crippen molar-refractivity contribution in [3.05, 3.63) is 0 Å². The summed E-state index contributed by atoms with van der Waals surface area (Å²) in [6.45, 7) is 13.2. The van der Waals surface area contributed by atoms with Gasteiger partial charge in [0.05, 0.1) is 35.9 Å². The summed E-state index contributed by atoms with van der Waals surface area (Å²) in [7, 11) is 5.21. The number of ether oxygens (including phenoxy) is 4. The molecule has 2 aliphatic heterocycles. The first kappa shape index (κ1) is 36.0. The molecule has 0 aromatic carbocycles. The third-order valence-electron chi connectivity index (χ3n) is 9.52. The molecule has 41 heavy (non-hydrogen) atoms. The molecule has 0 saturated carbocycles. The second-order valence-corrected chi connectivity index (χ2v) is 13.1. The highest BCUT2D eigenvalue weighted by Gasteiger charge is 2.51. The first-order chi connectivity index (χ1) is 18.8. The lowest BCUT2D eigenvalue weighted by atomic mass is 9.74. The molecule has 0 aromatic rings. The zero-order valence-electron chi connectivity index (χ0n) is 26.7. The molecule has 0 amide bonds. The van der Waals surface area contributed by atoms with E-state index in [1.807, 2.05) is 25.9 Å². The van der Waals surface area contributed by atoms with Gasteiger partial charge in [-0.25, -0.2) is 0 Å². The third kappa shape index (κ3) is 7.67. The normalized spacial score (nSPS) is 47.6. The fourth-order valence-electron chi connectivity index (χ4n) is 6.59. The number of methoxy groups -OCH3 is 1. The van der Waals surface area contributed by atoms with E-state index in [0.717, 1.165) is 0 Å². The van der Waals surface area contributed by atoms with Crippen LogP contribution in [0.2, 0.25) is 0 Å². The van der Waals surface area contributed by atoms with Crippen LogP contribution in [0.5, 0.6) is 0 Å². The van der Waals surface area contributed by atoms with Gasteiger partial charge in [-0.1, -0.05) is 27.7 Å². The van der Waals surface area contributed by atoms with Crippen LogP contribution in [0.4, 0.5) is 0 Å². The Bertz CT molecular complexity index is 883. The number of carbonyl (C=O) groups is 2. The van der Waals surface area contributed by atoms with Gasteiger partial charge in [-0.2, -0.15) is 0 Å². The Balaban J connectivity index is 2.60. The van der Waals surface area contributed by atoms with Crippen LogP contribution >= 0.6 is 0 Å². The quantitative estimate of drug-likeness (QED) is 0.345. The van der Waals surface area contributed by atoms with Gasteiger partial charge < -0.3 is 44.3 Å². The van der Waals surface area contributed by atoms with Gasteiger partial charge in [-0.05, 0) is 61.1 Å². The zero-order chi connectivity index (χ0) is 31.6. The van der Waals surface area contributed by atoms with Crippen molar-refractivity contribution >= 4 is 11.8 Å². The van der Waals surface area contributed by atoms with E-state index < -0.39 is 77.7 Å². The lowest BCUT2D eigenvalue weighted by molar-refractivity contribution is -0.301. The second-order valence-electron chi connectivity index (χ2n) is 13.1. The highest BCUT2D eigenvalue weighted by molar-refractivity contribution is 5.83. The summed E-state index contributed by atoms with van der Waals surface area (Å²) < 4.78 is 24.2. The van der Waals surface area contributed by atoms with Gasteiger partial charge in [0.25, 0.3) is 0 Å². The molecule has 240 valence electrons. The lowest BCUT2D eigenvalue weighted by Gasteiger charge is -2.48. The van der Waals surface area contributed by atoms with Crippen molar-refractivity contribution in [1.29, 1.82) is 0 Å². The summed E-state index contributed by atoms with van der Waals surface area (Å²) in [6, 6.07) is -0.244. The molecule has 2 saturated heterocycles. The summed E-state index contributed by atoms with van der Waals surface area (Å²) in [5.41, 5.74) is -3.11. The first-order valence-corrected chi connectivity index (χ1v) is 14.9. The van der Waals surface area contributed by atoms with Crippen LogP contribution in [-0.2, 0) is 28.5 Å². The number of aliphatic hydroxyl groups is 4. The summed E-state index contributed by atoms with van der Waals surface area (Å²) in [4.78, 5) is 28.8. The van der Waals surface area contributed by atoms with Crippen LogP contribution in [0, 0.1) is 23.7 Å². The fraction of sp³-hybridized carbons (Fsp3) is 0.933. The number of hydrogen-bond donors (Lipinski definition) is 4. The topological polar surface area (TPSA) is 155 Å². The molecule has 14 atom stereocenters. The molecular weight excluding hydrogens is 534 g/mol. The molecule has 2 rings (SSSR count). The molecule has 0 bridgehead atoms. The maximum absolute atomic E-state index is 13.6. The minimum atomic E-state index is -1.91. The van der Waals surface area contributed by atoms with Gasteiger partial charge in [0.1, 0.15) is 23.6 Å². The number of nitrogens with zero attached hydrogens (tertiary/aromatic N) is 1. The van der Waals surface area contributed by atoms with Crippen molar-refractivity contribution < 1.29 is 49.0 Å². The third-order valence-corrected chi connectivity index (χ3v) is 9.52. The van der Waals surface area contributed by atoms with Crippen molar-refractivity contribution in [2.75, 3.05) is 21.2 Å². The molecule has 0 spiro atoms. The molecule has 2 aliphatic rings. The standard InChI is InChI=1S/C30H55NO10/c1-12-21-30(8,37)25(35)17(4)22(32)15(2)14-29(7,38-11)26(18(5)23(33)19(6)27(36)40-21)41-28-24(34)20(31(9)10)13-16(3)39-28/h15-21,23-26,28,33-35,37H,12-14H2,1-11H3/t15-,16-,17+,18+,19-,20+,21-,23-,24-,25-,26-,28+,29+,30-/m1/s1. The van der Waals surface area contributed by atoms with Crippen molar-refractivity contribution in [1.82, 2.24) is 4.90 Å². The summed E-state index contributed by atoms with van der Waals surface area (Å²) in [5.74, 6) is -4.49. The molecule has 2 fully saturated rings. The van der Waals surface area contributed by atoms with Crippen LogP contribution in [0.1, 0.15) is 74.7 Å². The van der Waals surface area contributed by atoms with E-state index in [2.05, 4.69) is 0 Å². The van der Waals surface area contributed by atoms with Crippen LogP contribution in [0.15, 0.2) is 0 Å². The van der Waals surface area contributed by atoms with Gasteiger partial charge in [0, 0.05) is 30.9 Å². The van der Waals surface area contributed by atoms with Crippen LogP contribution in [0.3, 0.4) is 0 Å². The molecule has 11 heteroatoms. The minimum Gasteiger partial charge on any atom is -0.459 e. The number of ketones is 1. The van der Waals surface area contributed by atoms with E-state index in [9.17, 15) is 30.0 Å². The average molecular weight is 590 g/mol. The van der Waals surface area contributed by atoms with E-state index in [-0.39, 0.29) is 30.8 Å². The number of Topliss-reactive ketones (excluding diaryl/α,β-unsaturated/α-hetero) is 1. The lowest BCUT2D eigenvalue weighted by Crippen LogP contribution is -2.60. The summed E-state index contributed by atoms with van der Waals surface area (Å²) in [5, 5.41) is 45.1. The maximum atomic E-state index is 13.6. The molecule has 0 aliphatic carbocycles. The Morgan fingerprint density at radius 2 is 1.59 bits per heavy atom.